The number of fused-ring (bicyclic) bond motifs is 2. The van der Waals surface area contributed by atoms with E-state index in [-0.39, 0.29) is 0 Å². The molecule has 0 radical (unpaired) electrons. The fourth-order valence-electron chi connectivity index (χ4n) is 3.43. The Kier molecular flexibility index (Phi) is 3.04. The number of rotatable bonds is 5. The van der Waals surface area contributed by atoms with Crippen molar-refractivity contribution in [3.8, 4) is 0 Å². The fraction of sp³-hybridized carbons (Fsp3) is 0.733. The Bertz CT molecular complexity index is 259. The third kappa shape index (κ3) is 2.53. The van der Waals surface area contributed by atoms with Crippen LogP contribution >= 0.6 is 0 Å². The van der Waals surface area contributed by atoms with Crippen molar-refractivity contribution in [2.24, 2.45) is 23.2 Å². The number of allylic oxidation sites excluding steroid dienone is 3. The van der Waals surface area contributed by atoms with Crippen LogP contribution in [0.25, 0.3) is 0 Å². The highest BCUT2D eigenvalue weighted by molar-refractivity contribution is 5.10. The number of hydrogen-bond donors (Lipinski definition) is 0. The van der Waals surface area contributed by atoms with Gasteiger partial charge in [0.15, 0.2) is 0 Å². The van der Waals surface area contributed by atoms with Gasteiger partial charge in [-0.2, -0.15) is 0 Å². The molecule has 2 bridgehead atoms. The standard InChI is InChI=1S/C15H24/c1-4-5-8-15(2,3)11-14-10-12-6-7-13(14)9-12/h4,6-7,12-14H,1,5,8-11H2,2-3H3. The molecule has 0 aliphatic heterocycles. The van der Waals surface area contributed by atoms with Gasteiger partial charge in [-0.1, -0.05) is 32.1 Å². The molecule has 0 heterocycles. The van der Waals surface area contributed by atoms with Gasteiger partial charge >= 0.3 is 0 Å². The van der Waals surface area contributed by atoms with Crippen LogP contribution in [0.1, 0.15) is 46.0 Å². The highest BCUT2D eigenvalue weighted by Crippen LogP contribution is 2.48. The zero-order valence-corrected chi connectivity index (χ0v) is 10.2. The van der Waals surface area contributed by atoms with Crippen LogP contribution in [0.15, 0.2) is 24.8 Å². The fourth-order valence-corrected chi connectivity index (χ4v) is 3.43. The maximum absolute atomic E-state index is 3.82. The molecule has 0 heteroatoms. The summed E-state index contributed by atoms with van der Waals surface area (Å²) in [5, 5.41) is 0. The number of hydrogen-bond acceptors (Lipinski definition) is 0. The van der Waals surface area contributed by atoms with Gasteiger partial charge in [0.2, 0.25) is 0 Å². The molecule has 0 aromatic rings. The Labute approximate surface area is 94.5 Å². The first-order chi connectivity index (χ1) is 7.11. The van der Waals surface area contributed by atoms with E-state index < -0.39 is 0 Å². The molecule has 0 aromatic carbocycles. The minimum Gasteiger partial charge on any atom is -0.103 e. The van der Waals surface area contributed by atoms with Gasteiger partial charge in [-0.3, -0.25) is 0 Å². The largest absolute Gasteiger partial charge is 0.103 e. The van der Waals surface area contributed by atoms with Crippen LogP contribution < -0.4 is 0 Å². The summed E-state index contributed by atoms with van der Waals surface area (Å²) in [7, 11) is 0. The molecule has 0 nitrogen and oxygen atoms in total. The molecule has 0 aromatic heterocycles. The predicted octanol–water partition coefficient (Wildman–Crippen LogP) is 4.58. The highest BCUT2D eigenvalue weighted by Gasteiger charge is 2.37. The van der Waals surface area contributed by atoms with E-state index in [1.54, 1.807) is 0 Å². The van der Waals surface area contributed by atoms with E-state index >= 15 is 0 Å². The van der Waals surface area contributed by atoms with Gasteiger partial charge in [-0.15, -0.1) is 6.58 Å². The molecule has 1 saturated carbocycles. The zero-order valence-electron chi connectivity index (χ0n) is 10.2. The molecule has 0 amide bonds. The topological polar surface area (TPSA) is 0 Å². The summed E-state index contributed by atoms with van der Waals surface area (Å²) in [6.07, 6.45) is 13.8. The lowest BCUT2D eigenvalue weighted by atomic mass is 9.75. The molecule has 2 aliphatic carbocycles. The minimum absolute atomic E-state index is 0.511. The third-order valence-electron chi connectivity index (χ3n) is 4.26. The lowest BCUT2D eigenvalue weighted by Gasteiger charge is -2.30. The van der Waals surface area contributed by atoms with Crippen molar-refractivity contribution < 1.29 is 0 Å². The summed E-state index contributed by atoms with van der Waals surface area (Å²) in [6.45, 7) is 8.67. The second-order valence-corrected chi connectivity index (χ2v) is 6.24. The summed E-state index contributed by atoms with van der Waals surface area (Å²) < 4.78 is 0. The minimum atomic E-state index is 0.511. The molecular formula is C15H24. The Balaban J connectivity index is 1.86. The van der Waals surface area contributed by atoms with Gasteiger partial charge in [-0.25, -0.2) is 0 Å². The van der Waals surface area contributed by atoms with E-state index in [2.05, 4.69) is 38.7 Å². The molecule has 2 rings (SSSR count). The first kappa shape index (κ1) is 11.0. The van der Waals surface area contributed by atoms with Crippen molar-refractivity contribution in [1.29, 1.82) is 0 Å². The first-order valence-corrected chi connectivity index (χ1v) is 6.40. The summed E-state index contributed by atoms with van der Waals surface area (Å²) in [6, 6.07) is 0. The molecule has 0 spiro atoms. The maximum atomic E-state index is 3.82. The van der Waals surface area contributed by atoms with Gasteiger partial charge in [-0.05, 0) is 55.3 Å². The van der Waals surface area contributed by atoms with Gasteiger partial charge < -0.3 is 0 Å². The molecule has 84 valence electrons. The normalized spacial score (nSPS) is 33.6. The average Bonchev–Trinajstić information content (AvgIpc) is 2.75. The second kappa shape index (κ2) is 4.15. The Morgan fingerprint density at radius 2 is 2.13 bits per heavy atom. The van der Waals surface area contributed by atoms with Gasteiger partial charge in [0.25, 0.3) is 0 Å². The van der Waals surface area contributed by atoms with E-state index in [1.165, 1.54) is 32.1 Å². The first-order valence-electron chi connectivity index (χ1n) is 6.40. The van der Waals surface area contributed by atoms with Gasteiger partial charge in [0.1, 0.15) is 0 Å². The molecule has 15 heavy (non-hydrogen) atoms. The van der Waals surface area contributed by atoms with E-state index in [9.17, 15) is 0 Å². The SMILES string of the molecule is C=CCCC(C)(C)CC1CC2C=CC1C2. The van der Waals surface area contributed by atoms with Crippen molar-refractivity contribution in [3.63, 3.8) is 0 Å². The van der Waals surface area contributed by atoms with Crippen LogP contribution in [0.5, 0.6) is 0 Å². The summed E-state index contributed by atoms with van der Waals surface area (Å²) in [4.78, 5) is 0. The maximum Gasteiger partial charge on any atom is -0.0199 e. The van der Waals surface area contributed by atoms with E-state index in [0.717, 1.165) is 17.8 Å². The van der Waals surface area contributed by atoms with Crippen molar-refractivity contribution in [1.82, 2.24) is 0 Å². The lowest BCUT2D eigenvalue weighted by Crippen LogP contribution is -2.19. The van der Waals surface area contributed by atoms with Gasteiger partial charge in [0.05, 0.1) is 0 Å². The van der Waals surface area contributed by atoms with Crippen LogP contribution in [0.4, 0.5) is 0 Å². The molecule has 2 aliphatic rings. The Hall–Kier alpha value is -0.520. The third-order valence-corrected chi connectivity index (χ3v) is 4.26. The lowest BCUT2D eigenvalue weighted by molar-refractivity contribution is 0.228. The summed E-state index contributed by atoms with van der Waals surface area (Å²) in [5.41, 5.74) is 0.511. The Morgan fingerprint density at radius 1 is 1.33 bits per heavy atom. The quantitative estimate of drug-likeness (QED) is 0.575. The molecular weight excluding hydrogens is 180 g/mol. The van der Waals surface area contributed by atoms with Crippen LogP contribution in [0, 0.1) is 23.2 Å². The molecule has 0 saturated heterocycles. The molecule has 0 N–H and O–H groups in total. The van der Waals surface area contributed by atoms with E-state index in [4.69, 9.17) is 0 Å². The van der Waals surface area contributed by atoms with E-state index in [0.29, 0.717) is 5.41 Å². The van der Waals surface area contributed by atoms with Crippen LogP contribution in [0.3, 0.4) is 0 Å². The van der Waals surface area contributed by atoms with E-state index in [1.807, 2.05) is 0 Å². The van der Waals surface area contributed by atoms with Gasteiger partial charge in [0, 0.05) is 0 Å². The van der Waals surface area contributed by atoms with Crippen molar-refractivity contribution in [2.45, 2.75) is 46.0 Å². The van der Waals surface area contributed by atoms with Crippen molar-refractivity contribution in [2.75, 3.05) is 0 Å². The smallest absolute Gasteiger partial charge is 0.0199 e. The average molecular weight is 204 g/mol. The van der Waals surface area contributed by atoms with Crippen LogP contribution in [0.2, 0.25) is 0 Å². The van der Waals surface area contributed by atoms with Crippen molar-refractivity contribution >= 4 is 0 Å². The molecule has 3 atom stereocenters. The highest BCUT2D eigenvalue weighted by atomic mass is 14.4. The molecule has 3 unspecified atom stereocenters. The predicted molar refractivity (Wildman–Crippen MR) is 66.7 cm³/mol. The Morgan fingerprint density at radius 3 is 2.67 bits per heavy atom. The van der Waals surface area contributed by atoms with Crippen molar-refractivity contribution in [3.05, 3.63) is 24.8 Å². The molecule has 1 fully saturated rings. The second-order valence-electron chi connectivity index (χ2n) is 6.24. The monoisotopic (exact) mass is 204 g/mol. The van der Waals surface area contributed by atoms with Crippen LogP contribution in [-0.4, -0.2) is 0 Å². The zero-order chi connectivity index (χ0) is 10.9. The summed E-state index contributed by atoms with van der Waals surface area (Å²) >= 11 is 0. The van der Waals surface area contributed by atoms with Crippen LogP contribution in [-0.2, 0) is 0 Å². The summed E-state index contributed by atoms with van der Waals surface area (Å²) in [5.74, 6) is 2.81.